The molecule has 2 atom stereocenters. The Morgan fingerprint density at radius 3 is 2.39 bits per heavy atom. The maximum absolute atomic E-state index is 14.1. The van der Waals surface area contributed by atoms with Crippen LogP contribution >= 0.6 is 0 Å². The third kappa shape index (κ3) is 3.08. The lowest BCUT2D eigenvalue weighted by Gasteiger charge is -2.39. The van der Waals surface area contributed by atoms with Crippen LogP contribution in [-0.4, -0.2) is 24.0 Å². The topological polar surface area (TPSA) is 6.48 Å². The van der Waals surface area contributed by atoms with Crippen LogP contribution in [0.3, 0.4) is 0 Å². The van der Waals surface area contributed by atoms with E-state index in [0.717, 1.165) is 43.0 Å². The zero-order valence-corrected chi connectivity index (χ0v) is 15.6. The highest BCUT2D eigenvalue weighted by Gasteiger charge is 2.42. The minimum Gasteiger partial charge on any atom is -0.337 e. The van der Waals surface area contributed by atoms with Crippen molar-refractivity contribution in [2.45, 2.75) is 24.9 Å². The Hall–Kier alpha value is -2.72. The van der Waals surface area contributed by atoms with Gasteiger partial charge in [0.25, 0.3) is 0 Å². The Morgan fingerprint density at radius 2 is 1.61 bits per heavy atom. The molecule has 1 fully saturated rings. The van der Waals surface area contributed by atoms with Crippen molar-refractivity contribution in [3.8, 4) is 0 Å². The predicted octanol–water partition coefficient (Wildman–Crippen LogP) is 5.47. The van der Waals surface area contributed by atoms with Crippen molar-refractivity contribution < 1.29 is 8.78 Å². The Balaban J connectivity index is 1.47. The average molecular weight is 376 g/mol. The van der Waals surface area contributed by atoms with E-state index in [-0.39, 0.29) is 23.6 Å². The van der Waals surface area contributed by atoms with Gasteiger partial charge in [-0.2, -0.15) is 0 Å². The molecule has 2 aliphatic rings. The number of nitrogens with zero attached hydrogens (tertiary/aromatic N) is 2. The number of hydrogen-bond donors (Lipinski definition) is 0. The van der Waals surface area contributed by atoms with E-state index in [4.69, 9.17) is 0 Å². The van der Waals surface area contributed by atoms with E-state index in [2.05, 4.69) is 34.1 Å². The highest BCUT2D eigenvalue weighted by molar-refractivity contribution is 5.73. The third-order valence-electron chi connectivity index (χ3n) is 5.99. The van der Waals surface area contributed by atoms with Crippen LogP contribution in [0.5, 0.6) is 0 Å². The van der Waals surface area contributed by atoms with Crippen LogP contribution < -0.4 is 4.90 Å². The first kappa shape index (κ1) is 17.4. The van der Waals surface area contributed by atoms with Gasteiger partial charge >= 0.3 is 0 Å². The number of benzene rings is 3. The summed E-state index contributed by atoms with van der Waals surface area (Å²) in [4.78, 5) is 4.73. The van der Waals surface area contributed by atoms with Crippen molar-refractivity contribution in [1.82, 2.24) is 4.90 Å². The van der Waals surface area contributed by atoms with Gasteiger partial charge in [0.2, 0.25) is 0 Å². The summed E-state index contributed by atoms with van der Waals surface area (Å²) < 4.78 is 27.5. The number of likely N-dealkylation sites (tertiary alicyclic amines) is 1. The molecule has 0 radical (unpaired) electrons. The van der Waals surface area contributed by atoms with E-state index < -0.39 is 0 Å². The second-order valence-corrected chi connectivity index (χ2v) is 7.73. The van der Waals surface area contributed by atoms with Crippen LogP contribution in [0.25, 0.3) is 0 Å². The minimum absolute atomic E-state index is 0.196. The maximum Gasteiger partial charge on any atom is 0.123 e. The van der Waals surface area contributed by atoms with E-state index in [0.29, 0.717) is 0 Å². The first-order valence-corrected chi connectivity index (χ1v) is 9.79. The number of halogens is 2. The van der Waals surface area contributed by atoms with Crippen LogP contribution in [-0.2, 0) is 6.54 Å². The largest absolute Gasteiger partial charge is 0.337 e. The number of anilines is 2. The van der Waals surface area contributed by atoms with Crippen molar-refractivity contribution in [2.24, 2.45) is 0 Å². The number of piperidine rings is 1. The van der Waals surface area contributed by atoms with Gasteiger partial charge in [0.15, 0.2) is 0 Å². The van der Waals surface area contributed by atoms with Crippen LogP contribution in [0.2, 0.25) is 0 Å². The lowest BCUT2D eigenvalue weighted by Crippen LogP contribution is -2.44. The summed E-state index contributed by atoms with van der Waals surface area (Å²) >= 11 is 0. The molecule has 0 aromatic heterocycles. The average Bonchev–Trinajstić information content (AvgIpc) is 3.02. The normalized spacial score (nSPS) is 21.4. The van der Waals surface area contributed by atoms with Gasteiger partial charge in [-0.1, -0.05) is 30.3 Å². The van der Waals surface area contributed by atoms with Gasteiger partial charge in [-0.3, -0.25) is 4.90 Å². The number of hydrogen-bond acceptors (Lipinski definition) is 2. The minimum atomic E-state index is -0.239. The van der Waals surface area contributed by atoms with Gasteiger partial charge in [-0.15, -0.1) is 0 Å². The van der Waals surface area contributed by atoms with E-state index in [9.17, 15) is 8.78 Å². The molecule has 0 aliphatic carbocycles. The fourth-order valence-electron chi connectivity index (χ4n) is 4.76. The first-order valence-electron chi connectivity index (χ1n) is 9.79. The zero-order valence-electron chi connectivity index (χ0n) is 15.6. The van der Waals surface area contributed by atoms with Gasteiger partial charge in [-0.25, -0.2) is 8.78 Å². The second-order valence-electron chi connectivity index (χ2n) is 7.73. The van der Waals surface area contributed by atoms with Crippen molar-refractivity contribution >= 4 is 11.4 Å². The van der Waals surface area contributed by atoms with Crippen molar-refractivity contribution in [1.29, 1.82) is 0 Å². The fraction of sp³-hybridized carbons (Fsp3) is 0.250. The molecule has 0 N–H and O–H groups in total. The molecule has 2 aliphatic heterocycles. The van der Waals surface area contributed by atoms with Gasteiger partial charge in [0.1, 0.15) is 11.6 Å². The molecule has 0 spiro atoms. The van der Waals surface area contributed by atoms with Crippen LogP contribution in [0.15, 0.2) is 72.8 Å². The standard InChI is InChI=1S/C24H22F2N2/c25-18-6-9-20(10-7-18)28-23-11-8-19(26)14-21(23)22-16-27(13-12-24(22)28)15-17-4-2-1-3-5-17/h1-11,14,22,24H,12-13,15-16H2/t22-,24+/m0/s1. The maximum atomic E-state index is 14.1. The molecule has 28 heavy (non-hydrogen) atoms. The molecule has 2 heterocycles. The summed E-state index contributed by atoms with van der Waals surface area (Å²) in [6, 6.07) is 22.5. The van der Waals surface area contributed by atoms with Crippen molar-refractivity contribution in [2.75, 3.05) is 18.0 Å². The quantitative estimate of drug-likeness (QED) is 0.598. The zero-order chi connectivity index (χ0) is 19.1. The summed E-state index contributed by atoms with van der Waals surface area (Å²) in [7, 11) is 0. The summed E-state index contributed by atoms with van der Waals surface area (Å²) in [5, 5.41) is 0. The number of rotatable bonds is 3. The van der Waals surface area contributed by atoms with Crippen LogP contribution in [0.1, 0.15) is 23.5 Å². The summed E-state index contributed by atoms with van der Waals surface area (Å²) in [6.45, 7) is 2.79. The van der Waals surface area contributed by atoms with Gasteiger partial charge in [0.05, 0.1) is 0 Å². The molecule has 4 heteroatoms. The molecule has 5 rings (SSSR count). The molecular formula is C24H22F2N2. The van der Waals surface area contributed by atoms with E-state index in [1.807, 2.05) is 24.3 Å². The Morgan fingerprint density at radius 1 is 0.857 bits per heavy atom. The Labute approximate surface area is 164 Å². The Kier molecular flexibility index (Phi) is 4.36. The number of fused-ring (bicyclic) bond motifs is 3. The summed E-state index contributed by atoms with van der Waals surface area (Å²) in [5.74, 6) is -0.191. The molecular weight excluding hydrogens is 354 g/mol. The summed E-state index contributed by atoms with van der Waals surface area (Å²) in [6.07, 6.45) is 0.991. The molecule has 1 saturated heterocycles. The first-order chi connectivity index (χ1) is 13.7. The van der Waals surface area contributed by atoms with Gasteiger partial charge in [0, 0.05) is 43.0 Å². The highest BCUT2D eigenvalue weighted by atomic mass is 19.1. The smallest absolute Gasteiger partial charge is 0.123 e. The third-order valence-corrected chi connectivity index (χ3v) is 5.99. The SMILES string of the molecule is Fc1ccc(N2c3ccc(F)cc3[C@@H]3CN(Cc4ccccc4)CC[C@H]32)cc1. The Bertz CT molecular complexity index is 972. The molecule has 2 nitrogen and oxygen atoms in total. The fourth-order valence-corrected chi connectivity index (χ4v) is 4.76. The molecule has 0 bridgehead atoms. The van der Waals surface area contributed by atoms with E-state index in [1.54, 1.807) is 6.07 Å². The summed E-state index contributed by atoms with van der Waals surface area (Å²) in [5.41, 5.74) is 4.38. The molecule has 3 aromatic rings. The predicted molar refractivity (Wildman–Crippen MR) is 108 cm³/mol. The lowest BCUT2D eigenvalue weighted by atomic mass is 9.88. The van der Waals surface area contributed by atoms with Gasteiger partial charge < -0.3 is 4.90 Å². The molecule has 0 unspecified atom stereocenters. The van der Waals surface area contributed by atoms with Crippen LogP contribution in [0.4, 0.5) is 20.2 Å². The monoisotopic (exact) mass is 376 g/mol. The van der Waals surface area contributed by atoms with Crippen molar-refractivity contribution in [3.63, 3.8) is 0 Å². The lowest BCUT2D eigenvalue weighted by molar-refractivity contribution is 0.189. The van der Waals surface area contributed by atoms with Crippen LogP contribution in [0, 0.1) is 11.6 Å². The second kappa shape index (κ2) is 7.02. The van der Waals surface area contributed by atoms with Crippen molar-refractivity contribution in [3.05, 3.63) is 95.6 Å². The van der Waals surface area contributed by atoms with E-state index >= 15 is 0 Å². The molecule has 142 valence electrons. The molecule has 3 aromatic carbocycles. The van der Waals surface area contributed by atoms with E-state index in [1.165, 1.54) is 23.8 Å². The molecule has 0 amide bonds. The highest BCUT2D eigenvalue weighted by Crippen LogP contribution is 2.48. The van der Waals surface area contributed by atoms with Gasteiger partial charge in [-0.05, 0) is 60.0 Å². The molecule has 0 saturated carbocycles.